The number of carbonyl (C=O) groups is 1. The van der Waals surface area contributed by atoms with Crippen LogP contribution >= 0.6 is 23.4 Å². The van der Waals surface area contributed by atoms with Crippen LogP contribution in [0.15, 0.2) is 53.7 Å². The molecule has 0 saturated heterocycles. The van der Waals surface area contributed by atoms with Crippen LogP contribution < -0.4 is 0 Å². The Morgan fingerprint density at radius 1 is 1.09 bits per heavy atom. The van der Waals surface area contributed by atoms with Crippen molar-refractivity contribution < 1.29 is 4.79 Å². The van der Waals surface area contributed by atoms with Crippen molar-refractivity contribution in [2.24, 2.45) is 0 Å². The molecule has 1 aliphatic carbocycles. The SMILES string of the molecule is O=C(CSc1nnc(-c2ccccc2Cl)n1C1CCCC1)N1CCc2[nH]c3ccccc3c2C1. The normalized spacial score (nSPS) is 16.3. The summed E-state index contributed by atoms with van der Waals surface area (Å²) in [7, 11) is 0. The van der Waals surface area contributed by atoms with Gasteiger partial charge in [0, 0.05) is 53.3 Å². The predicted molar refractivity (Wildman–Crippen MR) is 136 cm³/mol. The Bertz CT molecular complexity index is 1360. The fourth-order valence-corrected chi connectivity index (χ4v) is 6.42. The summed E-state index contributed by atoms with van der Waals surface area (Å²) in [5.41, 5.74) is 4.54. The van der Waals surface area contributed by atoms with E-state index in [0.29, 0.717) is 23.4 Å². The molecule has 4 aromatic rings. The van der Waals surface area contributed by atoms with E-state index in [2.05, 4.69) is 37.9 Å². The standard InChI is InChI=1S/C26H26ClN5OS/c27-21-11-5-3-10-19(21)25-29-30-26(32(25)17-7-1-2-8-17)34-16-24(33)31-14-13-23-20(15-31)18-9-4-6-12-22(18)28-23/h3-6,9-12,17,28H,1-2,7-8,13-16H2. The molecule has 6 rings (SSSR count). The van der Waals surface area contributed by atoms with E-state index in [1.165, 1.54) is 41.2 Å². The average Bonchev–Trinajstić information content (AvgIpc) is 3.60. The number of nitrogens with zero attached hydrogens (tertiary/aromatic N) is 4. The summed E-state index contributed by atoms with van der Waals surface area (Å²) in [4.78, 5) is 18.7. The lowest BCUT2D eigenvalue weighted by Gasteiger charge is -2.27. The molecule has 6 nitrogen and oxygen atoms in total. The van der Waals surface area contributed by atoms with Crippen LogP contribution in [0.4, 0.5) is 0 Å². The number of fused-ring (bicyclic) bond motifs is 3. The smallest absolute Gasteiger partial charge is 0.233 e. The highest BCUT2D eigenvalue weighted by Crippen LogP contribution is 2.38. The Morgan fingerprint density at radius 2 is 1.88 bits per heavy atom. The van der Waals surface area contributed by atoms with E-state index < -0.39 is 0 Å². The summed E-state index contributed by atoms with van der Waals surface area (Å²) in [5, 5.41) is 11.7. The molecule has 1 saturated carbocycles. The molecule has 174 valence electrons. The Kier molecular flexibility index (Phi) is 5.83. The van der Waals surface area contributed by atoms with Gasteiger partial charge in [-0.3, -0.25) is 9.36 Å². The van der Waals surface area contributed by atoms with Crippen LogP contribution in [0.2, 0.25) is 5.02 Å². The molecule has 1 N–H and O–H groups in total. The molecule has 1 aliphatic heterocycles. The minimum atomic E-state index is 0.140. The van der Waals surface area contributed by atoms with Crippen LogP contribution in [0.25, 0.3) is 22.3 Å². The number of H-pyrrole nitrogens is 1. The third-order valence-electron chi connectivity index (χ3n) is 7.03. The van der Waals surface area contributed by atoms with Crippen molar-refractivity contribution in [2.45, 2.75) is 49.8 Å². The van der Waals surface area contributed by atoms with Gasteiger partial charge in [0.25, 0.3) is 0 Å². The highest BCUT2D eigenvalue weighted by molar-refractivity contribution is 7.99. The number of nitrogens with one attached hydrogen (secondary N) is 1. The number of halogens is 1. The zero-order valence-corrected chi connectivity index (χ0v) is 20.4. The summed E-state index contributed by atoms with van der Waals surface area (Å²) in [5.74, 6) is 1.29. The van der Waals surface area contributed by atoms with Crippen LogP contribution in [0.5, 0.6) is 0 Å². The van der Waals surface area contributed by atoms with Crippen molar-refractivity contribution in [1.29, 1.82) is 0 Å². The number of hydrogen-bond donors (Lipinski definition) is 1. The monoisotopic (exact) mass is 491 g/mol. The third kappa shape index (κ3) is 3.91. The first-order valence-corrected chi connectivity index (χ1v) is 13.2. The number of benzene rings is 2. The maximum Gasteiger partial charge on any atom is 0.233 e. The fraction of sp³-hybridized carbons (Fsp3) is 0.346. The van der Waals surface area contributed by atoms with E-state index in [1.807, 2.05) is 35.2 Å². The number of aromatic nitrogens is 4. The second-order valence-electron chi connectivity index (χ2n) is 9.08. The molecule has 2 aliphatic rings. The first-order valence-electron chi connectivity index (χ1n) is 11.9. The molecule has 1 amide bonds. The van der Waals surface area contributed by atoms with Gasteiger partial charge in [-0.2, -0.15) is 0 Å². The summed E-state index contributed by atoms with van der Waals surface area (Å²) in [6.45, 7) is 1.39. The molecule has 1 fully saturated rings. The second kappa shape index (κ2) is 9.12. The topological polar surface area (TPSA) is 66.8 Å². The molecule has 3 heterocycles. The van der Waals surface area contributed by atoms with Gasteiger partial charge < -0.3 is 9.88 Å². The molecule has 8 heteroatoms. The molecule has 2 aromatic heterocycles. The summed E-state index contributed by atoms with van der Waals surface area (Å²) in [6.07, 6.45) is 5.47. The summed E-state index contributed by atoms with van der Waals surface area (Å²) >= 11 is 7.99. The Hall–Kier alpha value is -2.77. The highest BCUT2D eigenvalue weighted by Gasteiger charge is 2.28. The van der Waals surface area contributed by atoms with Crippen LogP contribution in [0.1, 0.15) is 43.0 Å². The number of para-hydroxylation sites is 1. The van der Waals surface area contributed by atoms with Gasteiger partial charge in [0.2, 0.25) is 5.91 Å². The van der Waals surface area contributed by atoms with E-state index in [4.69, 9.17) is 11.6 Å². The summed E-state index contributed by atoms with van der Waals surface area (Å²) in [6, 6.07) is 16.5. The van der Waals surface area contributed by atoms with Crippen molar-refractivity contribution in [3.05, 3.63) is 64.8 Å². The molecular weight excluding hydrogens is 466 g/mol. The summed E-state index contributed by atoms with van der Waals surface area (Å²) < 4.78 is 2.22. The lowest BCUT2D eigenvalue weighted by molar-refractivity contribution is -0.129. The quantitative estimate of drug-likeness (QED) is 0.354. The maximum absolute atomic E-state index is 13.2. The van der Waals surface area contributed by atoms with Gasteiger partial charge >= 0.3 is 0 Å². The third-order valence-corrected chi connectivity index (χ3v) is 8.29. The van der Waals surface area contributed by atoms with Crippen molar-refractivity contribution in [3.63, 3.8) is 0 Å². The van der Waals surface area contributed by atoms with Gasteiger partial charge in [-0.25, -0.2) is 0 Å². The first-order chi connectivity index (χ1) is 16.7. The van der Waals surface area contributed by atoms with Crippen molar-refractivity contribution >= 4 is 40.2 Å². The number of rotatable bonds is 5. The highest BCUT2D eigenvalue weighted by atomic mass is 35.5. The molecular formula is C26H26ClN5OS. The first kappa shape index (κ1) is 21.7. The van der Waals surface area contributed by atoms with Gasteiger partial charge in [0.1, 0.15) is 0 Å². The number of aromatic amines is 1. The van der Waals surface area contributed by atoms with Gasteiger partial charge in [0.15, 0.2) is 11.0 Å². The molecule has 0 atom stereocenters. The lowest BCUT2D eigenvalue weighted by atomic mass is 10.0. The average molecular weight is 492 g/mol. The maximum atomic E-state index is 13.2. The van der Waals surface area contributed by atoms with Crippen molar-refractivity contribution in [1.82, 2.24) is 24.6 Å². The van der Waals surface area contributed by atoms with Gasteiger partial charge in [-0.1, -0.05) is 66.5 Å². The number of hydrogen-bond acceptors (Lipinski definition) is 4. The van der Waals surface area contributed by atoms with E-state index >= 15 is 0 Å². The van der Waals surface area contributed by atoms with Crippen molar-refractivity contribution in [3.8, 4) is 11.4 Å². The van der Waals surface area contributed by atoms with Crippen LogP contribution in [0, 0.1) is 0 Å². The Labute approximate surface area is 207 Å². The van der Waals surface area contributed by atoms with Crippen LogP contribution in [-0.2, 0) is 17.8 Å². The molecule has 0 spiro atoms. The van der Waals surface area contributed by atoms with Crippen LogP contribution in [-0.4, -0.2) is 42.9 Å². The zero-order valence-electron chi connectivity index (χ0n) is 18.8. The second-order valence-corrected chi connectivity index (χ2v) is 10.4. The molecule has 34 heavy (non-hydrogen) atoms. The van der Waals surface area contributed by atoms with Gasteiger partial charge in [0.05, 0.1) is 10.8 Å². The van der Waals surface area contributed by atoms with Gasteiger partial charge in [-0.05, 0) is 31.0 Å². The molecule has 0 unspecified atom stereocenters. The largest absolute Gasteiger partial charge is 0.358 e. The van der Waals surface area contributed by atoms with Crippen LogP contribution in [0.3, 0.4) is 0 Å². The van der Waals surface area contributed by atoms with Crippen molar-refractivity contribution in [2.75, 3.05) is 12.3 Å². The molecule has 0 bridgehead atoms. The Balaban J connectivity index is 1.22. The van der Waals surface area contributed by atoms with Gasteiger partial charge in [-0.15, -0.1) is 10.2 Å². The number of thioether (sulfide) groups is 1. The molecule has 0 radical (unpaired) electrons. The van der Waals surface area contributed by atoms with E-state index in [-0.39, 0.29) is 5.91 Å². The number of carbonyl (C=O) groups excluding carboxylic acids is 1. The van der Waals surface area contributed by atoms with E-state index in [0.717, 1.165) is 47.9 Å². The predicted octanol–water partition coefficient (Wildman–Crippen LogP) is 5.87. The lowest BCUT2D eigenvalue weighted by Crippen LogP contribution is -2.37. The van der Waals surface area contributed by atoms with E-state index in [1.54, 1.807) is 0 Å². The fourth-order valence-electron chi connectivity index (χ4n) is 5.29. The van der Waals surface area contributed by atoms with E-state index in [9.17, 15) is 4.79 Å². The minimum Gasteiger partial charge on any atom is -0.358 e. The zero-order chi connectivity index (χ0) is 23.1. The minimum absolute atomic E-state index is 0.140. The molecule has 2 aromatic carbocycles. The Morgan fingerprint density at radius 3 is 2.74 bits per heavy atom. The number of amides is 1.